The second-order valence-corrected chi connectivity index (χ2v) is 6.71. The maximum absolute atomic E-state index is 12.9. The minimum atomic E-state index is -0.427. The fourth-order valence-electron chi connectivity index (χ4n) is 3.71. The molecule has 0 spiro atoms. The van der Waals surface area contributed by atoms with E-state index in [9.17, 15) is 9.59 Å². The molecule has 0 bridgehead atoms. The molecule has 136 valence electrons. The van der Waals surface area contributed by atoms with Crippen molar-refractivity contribution >= 4 is 22.8 Å². The normalized spacial score (nSPS) is 17.0. The van der Waals surface area contributed by atoms with E-state index in [-0.39, 0.29) is 12.5 Å². The number of amides is 1. The molecule has 1 saturated heterocycles. The van der Waals surface area contributed by atoms with E-state index in [1.807, 2.05) is 24.3 Å². The number of ether oxygens (including phenoxy) is 2. The van der Waals surface area contributed by atoms with E-state index < -0.39 is 5.97 Å². The Balaban J connectivity index is 1.59. The summed E-state index contributed by atoms with van der Waals surface area (Å²) in [6.07, 6.45) is 3.84. The number of rotatable bonds is 3. The summed E-state index contributed by atoms with van der Waals surface area (Å²) < 4.78 is 10.7. The van der Waals surface area contributed by atoms with Crippen LogP contribution in [0.2, 0.25) is 0 Å². The van der Waals surface area contributed by atoms with Crippen LogP contribution in [0.3, 0.4) is 0 Å². The quantitative estimate of drug-likeness (QED) is 0.790. The first kappa shape index (κ1) is 17.0. The molecular formula is C20H22N2O4. The van der Waals surface area contributed by atoms with Crippen LogP contribution in [-0.4, -0.2) is 54.7 Å². The number of nitrogens with zero attached hydrogens (tertiary/aromatic N) is 2. The van der Waals surface area contributed by atoms with E-state index in [0.29, 0.717) is 31.9 Å². The number of carbonyl (C=O) groups excluding carboxylic acids is 2. The van der Waals surface area contributed by atoms with Crippen LogP contribution in [-0.2, 0) is 27.1 Å². The van der Waals surface area contributed by atoms with Crippen molar-refractivity contribution in [3.63, 3.8) is 0 Å². The molecule has 1 aliphatic heterocycles. The van der Waals surface area contributed by atoms with E-state index in [4.69, 9.17) is 14.5 Å². The molecule has 1 amide bonds. The van der Waals surface area contributed by atoms with Gasteiger partial charge < -0.3 is 14.4 Å². The smallest absolute Gasteiger partial charge is 0.339 e. The van der Waals surface area contributed by atoms with E-state index in [1.165, 1.54) is 0 Å². The van der Waals surface area contributed by atoms with Gasteiger partial charge in [0.1, 0.15) is 0 Å². The summed E-state index contributed by atoms with van der Waals surface area (Å²) in [4.78, 5) is 31.5. The lowest BCUT2D eigenvalue weighted by atomic mass is 9.90. The lowest BCUT2D eigenvalue weighted by molar-refractivity contribution is -0.138. The van der Waals surface area contributed by atoms with Gasteiger partial charge >= 0.3 is 5.97 Å². The maximum Gasteiger partial charge on any atom is 0.339 e. The molecule has 1 aromatic carbocycles. The van der Waals surface area contributed by atoms with Crippen LogP contribution in [0.5, 0.6) is 0 Å². The Hall–Kier alpha value is -2.47. The Kier molecular flexibility index (Phi) is 4.84. The predicted octanol–water partition coefficient (Wildman–Crippen LogP) is 2.13. The van der Waals surface area contributed by atoms with E-state index >= 15 is 0 Å². The van der Waals surface area contributed by atoms with E-state index in [0.717, 1.165) is 47.8 Å². The van der Waals surface area contributed by atoms with Crippen LogP contribution in [0, 0.1) is 0 Å². The Morgan fingerprint density at radius 1 is 1.12 bits per heavy atom. The first-order chi connectivity index (χ1) is 12.7. The first-order valence-electron chi connectivity index (χ1n) is 9.17. The second-order valence-electron chi connectivity index (χ2n) is 6.71. The fraction of sp³-hybridized carbons (Fsp3) is 0.450. The minimum absolute atomic E-state index is 0.172. The number of aryl methyl sites for hydroxylation is 1. The number of fused-ring (bicyclic) bond motifs is 2. The lowest BCUT2D eigenvalue weighted by Gasteiger charge is -2.26. The molecular weight excluding hydrogens is 332 g/mol. The average Bonchev–Trinajstić information content (AvgIpc) is 2.70. The highest BCUT2D eigenvalue weighted by Crippen LogP contribution is 2.29. The molecule has 0 atom stereocenters. The molecule has 2 heterocycles. The number of carbonyl (C=O) groups is 2. The molecule has 2 aromatic rings. The molecule has 0 saturated carbocycles. The molecule has 0 unspecified atom stereocenters. The van der Waals surface area contributed by atoms with E-state index in [1.54, 1.807) is 4.90 Å². The summed E-state index contributed by atoms with van der Waals surface area (Å²) >= 11 is 0. The Morgan fingerprint density at radius 2 is 1.88 bits per heavy atom. The van der Waals surface area contributed by atoms with Gasteiger partial charge in [0, 0.05) is 24.2 Å². The predicted molar refractivity (Wildman–Crippen MR) is 96.1 cm³/mol. The number of hydrogen-bond donors (Lipinski definition) is 0. The molecule has 1 aromatic heterocycles. The molecule has 1 aliphatic carbocycles. The van der Waals surface area contributed by atoms with Gasteiger partial charge in [-0.2, -0.15) is 0 Å². The van der Waals surface area contributed by atoms with Crippen molar-refractivity contribution in [2.24, 2.45) is 0 Å². The molecule has 0 N–H and O–H groups in total. The van der Waals surface area contributed by atoms with Crippen LogP contribution in [0.1, 0.15) is 34.5 Å². The third-order valence-electron chi connectivity index (χ3n) is 5.06. The summed E-state index contributed by atoms with van der Waals surface area (Å²) in [5, 5.41) is 0.803. The first-order valence-corrected chi connectivity index (χ1v) is 9.17. The highest BCUT2D eigenvalue weighted by atomic mass is 16.5. The van der Waals surface area contributed by atoms with Crippen molar-refractivity contribution in [3.8, 4) is 0 Å². The lowest BCUT2D eigenvalue weighted by Crippen LogP contribution is -2.42. The fourth-order valence-corrected chi connectivity index (χ4v) is 3.71. The molecule has 6 heteroatoms. The average molecular weight is 354 g/mol. The number of para-hydroxylation sites is 1. The van der Waals surface area contributed by atoms with Crippen molar-refractivity contribution in [2.75, 3.05) is 32.9 Å². The van der Waals surface area contributed by atoms with Crippen LogP contribution in [0.25, 0.3) is 10.9 Å². The molecule has 1 fully saturated rings. The van der Waals surface area contributed by atoms with Gasteiger partial charge in [0.05, 0.1) is 24.3 Å². The SMILES string of the molecule is O=C(OCC(=O)N1CCOCC1)c1c2c(nc3ccccc13)CCCC2. The standard InChI is InChI=1S/C20H22N2O4/c23-18(22-9-11-25-12-10-22)13-26-20(24)19-14-5-1-3-7-16(14)21-17-8-4-2-6-15(17)19/h1,3,5,7H,2,4,6,8-13H2. The summed E-state index contributed by atoms with van der Waals surface area (Å²) in [7, 11) is 0. The monoisotopic (exact) mass is 354 g/mol. The van der Waals surface area contributed by atoms with Crippen LogP contribution >= 0.6 is 0 Å². The van der Waals surface area contributed by atoms with Crippen LogP contribution < -0.4 is 0 Å². The molecule has 0 radical (unpaired) electrons. The zero-order valence-electron chi connectivity index (χ0n) is 14.7. The van der Waals surface area contributed by atoms with Gasteiger partial charge in [-0.15, -0.1) is 0 Å². The van der Waals surface area contributed by atoms with Gasteiger partial charge in [-0.3, -0.25) is 9.78 Å². The van der Waals surface area contributed by atoms with Gasteiger partial charge in [-0.1, -0.05) is 18.2 Å². The van der Waals surface area contributed by atoms with Gasteiger partial charge in [-0.05, 0) is 37.3 Å². The van der Waals surface area contributed by atoms with Crippen molar-refractivity contribution in [1.82, 2.24) is 9.88 Å². The number of aromatic nitrogens is 1. The Bertz CT molecular complexity index is 843. The summed E-state index contributed by atoms with van der Waals surface area (Å²) in [6.45, 7) is 1.92. The largest absolute Gasteiger partial charge is 0.452 e. The summed E-state index contributed by atoms with van der Waals surface area (Å²) in [5.74, 6) is -0.600. The molecule has 4 rings (SSSR count). The van der Waals surface area contributed by atoms with Crippen molar-refractivity contribution in [2.45, 2.75) is 25.7 Å². The third kappa shape index (κ3) is 3.29. The van der Waals surface area contributed by atoms with Crippen molar-refractivity contribution < 1.29 is 19.1 Å². The minimum Gasteiger partial charge on any atom is -0.452 e. The van der Waals surface area contributed by atoms with Gasteiger partial charge in [0.25, 0.3) is 5.91 Å². The zero-order valence-corrected chi connectivity index (χ0v) is 14.7. The van der Waals surface area contributed by atoms with Crippen molar-refractivity contribution in [3.05, 3.63) is 41.1 Å². The van der Waals surface area contributed by atoms with Gasteiger partial charge in [0.2, 0.25) is 0 Å². The molecule has 6 nitrogen and oxygen atoms in total. The molecule has 2 aliphatic rings. The summed E-state index contributed by atoms with van der Waals surface area (Å²) in [5.41, 5.74) is 3.36. The second kappa shape index (κ2) is 7.41. The topological polar surface area (TPSA) is 68.7 Å². The highest BCUT2D eigenvalue weighted by molar-refractivity contribution is 6.05. The summed E-state index contributed by atoms with van der Waals surface area (Å²) in [6, 6.07) is 7.63. The van der Waals surface area contributed by atoms with Gasteiger partial charge in [0.15, 0.2) is 6.61 Å². The van der Waals surface area contributed by atoms with Crippen LogP contribution in [0.15, 0.2) is 24.3 Å². The number of hydrogen-bond acceptors (Lipinski definition) is 5. The van der Waals surface area contributed by atoms with E-state index in [2.05, 4.69) is 0 Å². The number of pyridine rings is 1. The third-order valence-corrected chi connectivity index (χ3v) is 5.06. The van der Waals surface area contributed by atoms with Crippen LogP contribution in [0.4, 0.5) is 0 Å². The Morgan fingerprint density at radius 3 is 2.73 bits per heavy atom. The molecule has 26 heavy (non-hydrogen) atoms. The van der Waals surface area contributed by atoms with Crippen molar-refractivity contribution in [1.29, 1.82) is 0 Å². The number of esters is 1. The number of benzene rings is 1. The van der Waals surface area contributed by atoms with Gasteiger partial charge in [-0.25, -0.2) is 4.79 Å². The Labute approximate surface area is 152 Å². The number of morpholine rings is 1. The highest BCUT2D eigenvalue weighted by Gasteiger charge is 2.25. The maximum atomic E-state index is 12.9. The zero-order chi connectivity index (χ0) is 17.9.